The van der Waals surface area contributed by atoms with E-state index < -0.39 is 18.8 Å². The molecule has 0 heterocycles. The van der Waals surface area contributed by atoms with Gasteiger partial charge in [0.05, 0.1) is 0 Å². The van der Waals surface area contributed by atoms with Gasteiger partial charge in [0, 0.05) is 19.1 Å². The van der Waals surface area contributed by atoms with Crippen LogP contribution in [0.1, 0.15) is 26.3 Å². The molecule has 128 valence electrons. The Morgan fingerprint density at radius 1 is 1.30 bits per heavy atom. The first-order valence-electron chi connectivity index (χ1n) is 7.30. The van der Waals surface area contributed by atoms with Crippen LogP contribution in [0.3, 0.4) is 0 Å². The van der Waals surface area contributed by atoms with Gasteiger partial charge in [-0.1, -0.05) is 12.1 Å². The van der Waals surface area contributed by atoms with E-state index in [4.69, 9.17) is 14.2 Å². The Hall–Kier alpha value is -1.77. The number of hydrogen-bond acceptors (Lipinski definition) is 6. The lowest BCUT2D eigenvalue weighted by molar-refractivity contribution is 0.0514. The van der Waals surface area contributed by atoms with Crippen molar-refractivity contribution < 1.29 is 29.1 Å². The highest BCUT2D eigenvalue weighted by molar-refractivity contribution is 6.59. The number of hydrogen-bond donors (Lipinski definition) is 3. The summed E-state index contributed by atoms with van der Waals surface area (Å²) in [6, 6.07) is 5.04. The summed E-state index contributed by atoms with van der Waals surface area (Å²) in [6.45, 7) is 5.76. The van der Waals surface area contributed by atoms with E-state index in [1.54, 1.807) is 39.0 Å². The lowest BCUT2D eigenvalue weighted by Gasteiger charge is -2.19. The quantitative estimate of drug-likeness (QED) is 0.496. The van der Waals surface area contributed by atoms with Crippen molar-refractivity contribution in [1.29, 1.82) is 0 Å². The molecule has 8 heteroatoms. The first-order chi connectivity index (χ1) is 10.7. The van der Waals surface area contributed by atoms with Gasteiger partial charge in [0.15, 0.2) is 6.79 Å². The SMILES string of the molecule is COCOc1ccc(CCNC(=O)OC(C)(C)C)cc1B(O)O. The molecule has 0 aliphatic heterocycles. The fraction of sp³-hybridized carbons (Fsp3) is 0.533. The van der Waals surface area contributed by atoms with Gasteiger partial charge in [0.25, 0.3) is 0 Å². The number of benzene rings is 1. The fourth-order valence-corrected chi connectivity index (χ4v) is 1.83. The molecule has 0 atom stereocenters. The standard InChI is InChI=1S/C15H24BNO6/c1-15(2,3)23-14(18)17-8-7-11-5-6-13(22-10-21-4)12(9-11)16(19)20/h5-6,9,19-20H,7-8,10H2,1-4H3,(H,17,18). The van der Waals surface area contributed by atoms with Crippen molar-refractivity contribution in [2.24, 2.45) is 0 Å². The van der Waals surface area contributed by atoms with Crippen molar-refractivity contribution in [2.45, 2.75) is 32.8 Å². The van der Waals surface area contributed by atoms with Crippen LogP contribution in [0.4, 0.5) is 4.79 Å². The molecule has 0 unspecified atom stereocenters. The van der Waals surface area contributed by atoms with Gasteiger partial charge in [-0.3, -0.25) is 0 Å². The van der Waals surface area contributed by atoms with Crippen LogP contribution in [-0.2, 0) is 15.9 Å². The number of rotatable bonds is 7. The Kier molecular flexibility index (Phi) is 7.34. The van der Waals surface area contributed by atoms with Crippen LogP contribution < -0.4 is 15.5 Å². The van der Waals surface area contributed by atoms with Crippen LogP contribution >= 0.6 is 0 Å². The van der Waals surface area contributed by atoms with Gasteiger partial charge in [-0.2, -0.15) is 0 Å². The second-order valence-electron chi connectivity index (χ2n) is 5.98. The summed E-state index contributed by atoms with van der Waals surface area (Å²) >= 11 is 0. The molecule has 1 amide bonds. The van der Waals surface area contributed by atoms with Crippen molar-refractivity contribution in [1.82, 2.24) is 5.32 Å². The van der Waals surface area contributed by atoms with Crippen LogP contribution in [-0.4, -0.2) is 49.3 Å². The lowest BCUT2D eigenvalue weighted by Crippen LogP contribution is -2.34. The third-order valence-corrected chi connectivity index (χ3v) is 2.77. The minimum Gasteiger partial charge on any atom is -0.468 e. The number of ether oxygens (including phenoxy) is 3. The van der Waals surface area contributed by atoms with Gasteiger partial charge in [0.1, 0.15) is 11.4 Å². The van der Waals surface area contributed by atoms with Crippen molar-refractivity contribution >= 4 is 18.7 Å². The average molecular weight is 325 g/mol. The van der Waals surface area contributed by atoms with Crippen LogP contribution in [0.5, 0.6) is 5.75 Å². The monoisotopic (exact) mass is 325 g/mol. The molecule has 0 aliphatic carbocycles. The predicted octanol–water partition coefficient (Wildman–Crippen LogP) is 0.416. The Morgan fingerprint density at radius 3 is 2.57 bits per heavy atom. The van der Waals surface area contributed by atoms with E-state index in [1.165, 1.54) is 7.11 Å². The first-order valence-corrected chi connectivity index (χ1v) is 7.30. The van der Waals surface area contributed by atoms with Gasteiger partial charge < -0.3 is 29.6 Å². The summed E-state index contributed by atoms with van der Waals surface area (Å²) in [5, 5.41) is 21.5. The second kappa shape index (κ2) is 8.76. The molecule has 1 rings (SSSR count). The highest BCUT2D eigenvalue weighted by Crippen LogP contribution is 2.11. The van der Waals surface area contributed by atoms with Gasteiger partial charge in [-0.15, -0.1) is 0 Å². The molecule has 0 saturated heterocycles. The van der Waals surface area contributed by atoms with Crippen molar-refractivity contribution in [3.8, 4) is 5.75 Å². The normalized spacial score (nSPS) is 11.0. The molecular weight excluding hydrogens is 301 g/mol. The minimum absolute atomic E-state index is 0.0132. The lowest BCUT2D eigenvalue weighted by atomic mass is 9.78. The molecule has 1 aromatic carbocycles. The maximum absolute atomic E-state index is 11.5. The van der Waals surface area contributed by atoms with Crippen molar-refractivity contribution in [2.75, 3.05) is 20.4 Å². The number of carbonyl (C=O) groups excluding carboxylic acids is 1. The van der Waals surface area contributed by atoms with E-state index in [-0.39, 0.29) is 12.3 Å². The van der Waals surface area contributed by atoms with E-state index in [9.17, 15) is 14.8 Å². The van der Waals surface area contributed by atoms with Gasteiger partial charge in [-0.05, 0) is 38.8 Å². The topological polar surface area (TPSA) is 97.3 Å². The Labute approximate surface area is 136 Å². The Bertz CT molecular complexity index is 515. The molecule has 1 aromatic rings. The summed E-state index contributed by atoms with van der Waals surface area (Å²) in [5.74, 6) is 0.339. The Balaban J connectivity index is 2.60. The zero-order valence-electron chi connectivity index (χ0n) is 14.0. The number of nitrogens with one attached hydrogen (secondary N) is 1. The first kappa shape index (κ1) is 19.3. The second-order valence-corrected chi connectivity index (χ2v) is 5.98. The largest absolute Gasteiger partial charge is 0.492 e. The van der Waals surface area contributed by atoms with Crippen LogP contribution in [0.25, 0.3) is 0 Å². The van der Waals surface area contributed by atoms with Crippen molar-refractivity contribution in [3.05, 3.63) is 23.8 Å². The smallest absolute Gasteiger partial charge is 0.468 e. The van der Waals surface area contributed by atoms with Crippen LogP contribution in [0, 0.1) is 0 Å². The van der Waals surface area contributed by atoms with Gasteiger partial charge in [0.2, 0.25) is 0 Å². The highest BCUT2D eigenvalue weighted by atomic mass is 16.7. The molecule has 0 saturated carbocycles. The van der Waals surface area contributed by atoms with E-state index in [0.717, 1.165) is 5.56 Å². The molecule has 0 aliphatic rings. The number of methoxy groups -OCH3 is 1. The maximum Gasteiger partial charge on any atom is 0.492 e. The summed E-state index contributed by atoms with van der Waals surface area (Å²) in [7, 11) is -0.174. The van der Waals surface area contributed by atoms with E-state index in [2.05, 4.69) is 5.32 Å². The number of carbonyl (C=O) groups is 1. The third kappa shape index (κ3) is 7.36. The summed E-state index contributed by atoms with van der Waals surface area (Å²) in [6.07, 6.45) is 0.0312. The summed E-state index contributed by atoms with van der Waals surface area (Å²) < 4.78 is 15.2. The summed E-state index contributed by atoms with van der Waals surface area (Å²) in [4.78, 5) is 11.5. The molecule has 23 heavy (non-hydrogen) atoms. The van der Waals surface area contributed by atoms with E-state index in [1.807, 2.05) is 0 Å². The number of alkyl carbamates (subject to hydrolysis) is 1. The molecule has 0 aromatic heterocycles. The Morgan fingerprint density at radius 2 is 2.00 bits per heavy atom. The van der Waals surface area contributed by atoms with E-state index in [0.29, 0.717) is 18.7 Å². The zero-order valence-corrected chi connectivity index (χ0v) is 14.0. The van der Waals surface area contributed by atoms with Gasteiger partial charge >= 0.3 is 13.2 Å². The summed E-state index contributed by atoms with van der Waals surface area (Å²) in [5.41, 5.74) is 0.532. The van der Waals surface area contributed by atoms with Crippen LogP contribution in [0.15, 0.2) is 18.2 Å². The molecule has 0 bridgehead atoms. The highest BCUT2D eigenvalue weighted by Gasteiger charge is 2.18. The molecule has 3 N–H and O–H groups in total. The molecular formula is C15H24BNO6. The number of amides is 1. The predicted molar refractivity (Wildman–Crippen MR) is 86.7 cm³/mol. The fourth-order valence-electron chi connectivity index (χ4n) is 1.83. The average Bonchev–Trinajstić information content (AvgIpc) is 2.43. The molecule has 0 radical (unpaired) electrons. The third-order valence-electron chi connectivity index (χ3n) is 2.77. The van der Waals surface area contributed by atoms with E-state index >= 15 is 0 Å². The van der Waals surface area contributed by atoms with Crippen LogP contribution in [0.2, 0.25) is 0 Å². The molecule has 0 fully saturated rings. The maximum atomic E-state index is 11.5. The molecule has 7 nitrogen and oxygen atoms in total. The van der Waals surface area contributed by atoms with Gasteiger partial charge in [-0.25, -0.2) is 4.79 Å². The van der Waals surface area contributed by atoms with Crippen molar-refractivity contribution in [3.63, 3.8) is 0 Å². The molecule has 0 spiro atoms. The minimum atomic E-state index is -1.65. The zero-order chi connectivity index (χ0) is 17.5.